The van der Waals surface area contributed by atoms with E-state index in [1.165, 1.54) is 16.8 Å². The Hall–Kier alpha value is -2.68. The molecular weight excluding hydrogens is 284 g/mol. The van der Waals surface area contributed by atoms with Gasteiger partial charge in [0.2, 0.25) is 11.9 Å². The second kappa shape index (κ2) is 7.05. The van der Waals surface area contributed by atoms with Crippen LogP contribution in [0.2, 0.25) is 0 Å². The Labute approximate surface area is 137 Å². The molecule has 3 nitrogen and oxygen atoms in total. The maximum atomic E-state index is 5.81. The molecule has 116 valence electrons. The summed E-state index contributed by atoms with van der Waals surface area (Å²) >= 11 is 0. The summed E-state index contributed by atoms with van der Waals surface area (Å²) in [4.78, 5) is 5.81. The van der Waals surface area contributed by atoms with Gasteiger partial charge in [-0.3, -0.25) is 4.84 Å². The van der Waals surface area contributed by atoms with Gasteiger partial charge in [0.05, 0.1) is 0 Å². The van der Waals surface area contributed by atoms with Crippen LogP contribution in [0.3, 0.4) is 0 Å². The molecule has 3 heteroatoms. The molecule has 23 heavy (non-hydrogen) atoms. The van der Waals surface area contributed by atoms with E-state index in [1.807, 2.05) is 31.3 Å². The normalized spacial score (nSPS) is 10.5. The molecule has 0 radical (unpaired) electrons. The molecule has 0 saturated heterocycles. The van der Waals surface area contributed by atoms with E-state index in [2.05, 4.69) is 60.2 Å². The predicted octanol–water partition coefficient (Wildman–Crippen LogP) is 2.56. The van der Waals surface area contributed by atoms with Crippen molar-refractivity contribution in [2.45, 2.75) is 27.0 Å². The second-order valence-corrected chi connectivity index (χ2v) is 5.73. The molecule has 0 aliphatic heterocycles. The first-order chi connectivity index (χ1) is 11.2. The highest BCUT2D eigenvalue weighted by Gasteiger charge is 2.08. The van der Waals surface area contributed by atoms with E-state index in [0.717, 1.165) is 12.2 Å². The van der Waals surface area contributed by atoms with Crippen molar-refractivity contribution in [3.05, 3.63) is 95.6 Å². The number of pyridine rings is 2. The minimum Gasteiger partial charge on any atom is -0.266 e. The van der Waals surface area contributed by atoms with Crippen LogP contribution in [0.1, 0.15) is 22.5 Å². The highest BCUT2D eigenvalue weighted by atomic mass is 16.7. The standard InChI is InChI=1S/C20H22N2O/c1-17-7-3-5-13-21(17)15-19-9-11-20(12-10-19)16-23-22-14-6-4-8-18(22)2/h3-14H,15-16H2,1-2H3/q+2. The number of benzene rings is 1. The van der Waals surface area contributed by atoms with Gasteiger partial charge in [0, 0.05) is 48.4 Å². The Morgan fingerprint density at radius 1 is 0.739 bits per heavy atom. The lowest BCUT2D eigenvalue weighted by Gasteiger charge is -2.03. The molecule has 0 aliphatic rings. The lowest BCUT2D eigenvalue weighted by atomic mass is 10.1. The SMILES string of the molecule is Cc1cccc[n+]1Cc1ccc(CO[n+]2ccccc2C)cc1. The first-order valence-corrected chi connectivity index (χ1v) is 7.86. The number of aryl methyl sites for hydroxylation is 2. The average molecular weight is 306 g/mol. The number of aromatic nitrogens is 2. The second-order valence-electron chi connectivity index (χ2n) is 5.73. The lowest BCUT2D eigenvalue weighted by Crippen LogP contribution is -2.44. The highest BCUT2D eigenvalue weighted by Crippen LogP contribution is 2.05. The number of hydrogen-bond donors (Lipinski definition) is 0. The Balaban J connectivity index is 1.63. The summed E-state index contributed by atoms with van der Waals surface area (Å²) < 4.78 is 4.05. The van der Waals surface area contributed by atoms with Crippen LogP contribution in [0.4, 0.5) is 0 Å². The minimum absolute atomic E-state index is 0.563. The molecular formula is C20H22N2O+2. The molecule has 0 spiro atoms. The van der Waals surface area contributed by atoms with Gasteiger partial charge in [-0.1, -0.05) is 30.3 Å². The summed E-state index contributed by atoms with van der Waals surface area (Å²) in [5, 5.41) is 0. The summed E-state index contributed by atoms with van der Waals surface area (Å²) in [5.74, 6) is 0. The van der Waals surface area contributed by atoms with E-state index in [4.69, 9.17) is 4.84 Å². The van der Waals surface area contributed by atoms with E-state index in [0.29, 0.717) is 6.61 Å². The van der Waals surface area contributed by atoms with Crippen molar-refractivity contribution in [2.75, 3.05) is 0 Å². The zero-order valence-corrected chi connectivity index (χ0v) is 13.6. The average Bonchev–Trinajstić information content (AvgIpc) is 2.57. The van der Waals surface area contributed by atoms with Crippen LogP contribution in [-0.4, -0.2) is 0 Å². The molecule has 0 saturated carbocycles. The third kappa shape index (κ3) is 3.95. The van der Waals surface area contributed by atoms with Gasteiger partial charge in [0.25, 0.3) is 0 Å². The van der Waals surface area contributed by atoms with E-state index in [9.17, 15) is 0 Å². The third-order valence-corrected chi connectivity index (χ3v) is 3.93. The van der Waals surface area contributed by atoms with Crippen molar-refractivity contribution in [3.63, 3.8) is 0 Å². The first kappa shape index (κ1) is 15.2. The van der Waals surface area contributed by atoms with Crippen LogP contribution in [-0.2, 0) is 13.2 Å². The molecule has 0 amide bonds. The van der Waals surface area contributed by atoms with Crippen LogP contribution in [0.15, 0.2) is 73.1 Å². The molecule has 0 N–H and O–H groups in total. The summed E-state index contributed by atoms with van der Waals surface area (Å²) in [6.45, 7) is 5.61. The monoisotopic (exact) mass is 306 g/mol. The van der Waals surface area contributed by atoms with Crippen molar-refractivity contribution in [3.8, 4) is 0 Å². The summed E-state index contributed by atoms with van der Waals surface area (Å²) in [7, 11) is 0. The Bertz CT molecular complexity index is 782. The van der Waals surface area contributed by atoms with Crippen molar-refractivity contribution in [1.82, 2.24) is 0 Å². The van der Waals surface area contributed by atoms with Gasteiger partial charge in [-0.25, -0.2) is 0 Å². The van der Waals surface area contributed by atoms with E-state index >= 15 is 0 Å². The van der Waals surface area contributed by atoms with Crippen molar-refractivity contribution in [2.24, 2.45) is 0 Å². The minimum atomic E-state index is 0.563. The van der Waals surface area contributed by atoms with Crippen LogP contribution in [0, 0.1) is 13.8 Å². The zero-order valence-electron chi connectivity index (χ0n) is 13.6. The van der Waals surface area contributed by atoms with Gasteiger partial charge in [-0.2, -0.15) is 4.57 Å². The van der Waals surface area contributed by atoms with E-state index in [1.54, 1.807) is 4.73 Å². The van der Waals surface area contributed by atoms with Gasteiger partial charge in [0.1, 0.15) is 0 Å². The predicted molar refractivity (Wildman–Crippen MR) is 88.6 cm³/mol. The van der Waals surface area contributed by atoms with Gasteiger partial charge < -0.3 is 0 Å². The van der Waals surface area contributed by atoms with Gasteiger partial charge in [-0.15, -0.1) is 0 Å². The smallest absolute Gasteiger partial charge is 0.231 e. The highest BCUT2D eigenvalue weighted by molar-refractivity contribution is 5.21. The molecule has 0 bridgehead atoms. The van der Waals surface area contributed by atoms with Gasteiger partial charge in [0.15, 0.2) is 25.0 Å². The molecule has 2 heterocycles. The molecule has 0 atom stereocenters. The quantitative estimate of drug-likeness (QED) is 0.662. The summed E-state index contributed by atoms with van der Waals surface area (Å²) in [6.07, 6.45) is 4.04. The maximum absolute atomic E-state index is 5.81. The largest absolute Gasteiger partial charge is 0.266 e. The molecule has 2 aromatic heterocycles. The Kier molecular flexibility index (Phi) is 4.67. The number of rotatable bonds is 5. The zero-order chi connectivity index (χ0) is 16.1. The van der Waals surface area contributed by atoms with Crippen molar-refractivity contribution >= 4 is 0 Å². The van der Waals surface area contributed by atoms with Gasteiger partial charge in [-0.05, 0) is 11.6 Å². The molecule has 0 fully saturated rings. The molecule has 0 unspecified atom stereocenters. The van der Waals surface area contributed by atoms with Crippen molar-refractivity contribution < 1.29 is 14.1 Å². The fourth-order valence-corrected chi connectivity index (χ4v) is 2.48. The Morgan fingerprint density at radius 3 is 2.09 bits per heavy atom. The van der Waals surface area contributed by atoms with Crippen molar-refractivity contribution in [1.29, 1.82) is 0 Å². The van der Waals surface area contributed by atoms with Crippen LogP contribution >= 0.6 is 0 Å². The first-order valence-electron chi connectivity index (χ1n) is 7.86. The Morgan fingerprint density at radius 2 is 1.39 bits per heavy atom. The maximum Gasteiger partial charge on any atom is 0.231 e. The fraction of sp³-hybridized carbons (Fsp3) is 0.200. The topological polar surface area (TPSA) is 17.0 Å². The van der Waals surface area contributed by atoms with Gasteiger partial charge >= 0.3 is 0 Å². The van der Waals surface area contributed by atoms with E-state index in [-0.39, 0.29) is 0 Å². The third-order valence-electron chi connectivity index (χ3n) is 3.93. The molecule has 0 aliphatic carbocycles. The molecule has 3 rings (SSSR count). The summed E-state index contributed by atoms with van der Waals surface area (Å²) in [6, 6.07) is 20.9. The molecule has 3 aromatic rings. The fourth-order valence-electron chi connectivity index (χ4n) is 2.48. The number of hydrogen-bond acceptors (Lipinski definition) is 1. The lowest BCUT2D eigenvalue weighted by molar-refractivity contribution is -0.899. The van der Waals surface area contributed by atoms with Crippen LogP contribution < -0.4 is 14.1 Å². The molecule has 1 aromatic carbocycles. The number of nitrogens with zero attached hydrogens (tertiary/aromatic N) is 2. The van der Waals surface area contributed by atoms with E-state index < -0.39 is 0 Å². The van der Waals surface area contributed by atoms with Crippen LogP contribution in [0.25, 0.3) is 0 Å². The van der Waals surface area contributed by atoms with Crippen LogP contribution in [0.5, 0.6) is 0 Å². The summed E-state index contributed by atoms with van der Waals surface area (Å²) in [5.41, 5.74) is 4.80.